The lowest BCUT2D eigenvalue weighted by Gasteiger charge is -2.37. The summed E-state index contributed by atoms with van der Waals surface area (Å²) in [7, 11) is 0. The smallest absolute Gasteiger partial charge is 0.160 e. The van der Waals surface area contributed by atoms with Gasteiger partial charge in [-0.2, -0.15) is 5.10 Å². The van der Waals surface area contributed by atoms with Gasteiger partial charge in [-0.3, -0.25) is 5.10 Å². The topological polar surface area (TPSA) is 66.5 Å². The molecule has 1 atom stereocenters. The summed E-state index contributed by atoms with van der Waals surface area (Å²) in [4.78, 5) is 8.73. The van der Waals surface area contributed by atoms with Gasteiger partial charge >= 0.3 is 0 Å². The highest BCUT2D eigenvalue weighted by Gasteiger charge is 2.40. The van der Waals surface area contributed by atoms with Gasteiger partial charge in [-0.1, -0.05) is 47.8 Å². The summed E-state index contributed by atoms with van der Waals surface area (Å²) in [6.07, 6.45) is 8.16. The monoisotopic (exact) mass is 385 g/mol. The van der Waals surface area contributed by atoms with Crippen LogP contribution in [-0.4, -0.2) is 25.7 Å². The molecule has 1 aliphatic carbocycles. The van der Waals surface area contributed by atoms with Gasteiger partial charge in [0.05, 0.1) is 11.6 Å². The van der Waals surface area contributed by atoms with Crippen molar-refractivity contribution in [3.8, 4) is 0 Å². The highest BCUT2D eigenvalue weighted by Crippen LogP contribution is 2.44. The van der Waals surface area contributed by atoms with Gasteiger partial charge in [-0.05, 0) is 30.5 Å². The zero-order valence-electron chi connectivity index (χ0n) is 13.6. The molecule has 4 rings (SSSR count). The maximum atomic E-state index is 4.49. The van der Waals surface area contributed by atoms with Gasteiger partial charge in [0.25, 0.3) is 0 Å². The van der Waals surface area contributed by atoms with E-state index >= 15 is 0 Å². The van der Waals surface area contributed by atoms with E-state index < -0.39 is 0 Å². The highest BCUT2D eigenvalue weighted by molar-refractivity contribution is 9.10. The fourth-order valence-electron chi connectivity index (χ4n) is 3.87. The minimum Gasteiger partial charge on any atom is -0.363 e. The van der Waals surface area contributed by atoms with E-state index in [1.807, 2.05) is 0 Å². The van der Waals surface area contributed by atoms with Crippen molar-refractivity contribution in [1.82, 2.24) is 20.2 Å². The molecule has 0 aliphatic heterocycles. The fraction of sp³-hybridized carbons (Fsp3) is 0.389. The predicted octanol–water partition coefficient (Wildman–Crippen LogP) is 4.64. The van der Waals surface area contributed by atoms with Gasteiger partial charge in [0.1, 0.15) is 12.1 Å². The van der Waals surface area contributed by atoms with Crippen molar-refractivity contribution in [2.45, 2.75) is 44.1 Å². The van der Waals surface area contributed by atoms with Crippen molar-refractivity contribution in [1.29, 1.82) is 0 Å². The van der Waals surface area contributed by atoms with Crippen molar-refractivity contribution in [2.24, 2.45) is 0 Å². The second kappa shape index (κ2) is 6.16. The van der Waals surface area contributed by atoms with Crippen LogP contribution < -0.4 is 5.32 Å². The van der Waals surface area contributed by atoms with Crippen LogP contribution in [0.3, 0.4) is 0 Å². The second-order valence-corrected chi connectivity index (χ2v) is 7.54. The molecule has 1 aromatic carbocycles. The van der Waals surface area contributed by atoms with Crippen LogP contribution in [0.25, 0.3) is 11.0 Å². The Morgan fingerprint density at radius 3 is 2.88 bits per heavy atom. The molecule has 3 aromatic rings. The summed E-state index contributed by atoms with van der Waals surface area (Å²) in [6.45, 7) is 2.31. The maximum Gasteiger partial charge on any atom is 0.160 e. The molecule has 1 aliphatic rings. The minimum atomic E-state index is 0.0132. The Balaban J connectivity index is 1.72. The number of H-pyrrole nitrogens is 1. The molecule has 1 fully saturated rings. The van der Waals surface area contributed by atoms with Crippen molar-refractivity contribution < 1.29 is 0 Å². The lowest BCUT2D eigenvalue weighted by molar-refractivity contribution is 0.406. The number of fused-ring (bicyclic) bond motifs is 1. The standard InChI is InChI=1S/C18H20BrN5/c1-12(13-5-4-6-14(19)9-13)18(7-2-3-8-18)23-16-15-10-22-24-17(15)21-11-20-16/h4-6,9-12H,2-3,7-8H2,1H3,(H2,20,21,22,23,24). The number of rotatable bonds is 4. The van der Waals surface area contributed by atoms with E-state index in [-0.39, 0.29) is 5.54 Å². The van der Waals surface area contributed by atoms with Gasteiger partial charge in [-0.25, -0.2) is 9.97 Å². The first-order valence-electron chi connectivity index (χ1n) is 8.36. The Labute approximate surface area is 149 Å². The number of nitrogens with one attached hydrogen (secondary N) is 2. The quantitative estimate of drug-likeness (QED) is 0.685. The summed E-state index contributed by atoms with van der Waals surface area (Å²) in [5.41, 5.74) is 2.13. The fourth-order valence-corrected chi connectivity index (χ4v) is 4.28. The molecule has 0 radical (unpaired) electrons. The van der Waals surface area contributed by atoms with Crippen LogP contribution in [0, 0.1) is 0 Å². The Morgan fingerprint density at radius 1 is 1.25 bits per heavy atom. The third-order valence-corrected chi connectivity index (χ3v) is 5.78. The summed E-state index contributed by atoms with van der Waals surface area (Å²) < 4.78 is 1.12. The first-order chi connectivity index (χ1) is 11.7. The Morgan fingerprint density at radius 2 is 2.08 bits per heavy atom. The number of hydrogen-bond acceptors (Lipinski definition) is 4. The molecule has 24 heavy (non-hydrogen) atoms. The Hall–Kier alpha value is -1.95. The number of aromatic nitrogens is 4. The van der Waals surface area contributed by atoms with Gasteiger partial charge in [0.2, 0.25) is 0 Å². The summed E-state index contributed by atoms with van der Waals surface area (Å²) in [5, 5.41) is 11.7. The normalized spacial score (nSPS) is 17.9. The summed E-state index contributed by atoms with van der Waals surface area (Å²) in [5.74, 6) is 1.26. The average molecular weight is 386 g/mol. The third-order valence-electron chi connectivity index (χ3n) is 5.29. The Bertz CT molecular complexity index is 853. The molecule has 0 amide bonds. The van der Waals surface area contributed by atoms with Crippen LogP contribution in [0.1, 0.15) is 44.1 Å². The highest BCUT2D eigenvalue weighted by atomic mass is 79.9. The number of anilines is 1. The van der Waals surface area contributed by atoms with E-state index in [1.165, 1.54) is 18.4 Å². The van der Waals surface area contributed by atoms with Crippen LogP contribution in [0.15, 0.2) is 41.3 Å². The second-order valence-electron chi connectivity index (χ2n) is 6.62. The number of halogens is 1. The van der Waals surface area contributed by atoms with E-state index in [2.05, 4.69) is 72.6 Å². The Kier molecular flexibility index (Phi) is 4.00. The van der Waals surface area contributed by atoms with Crippen LogP contribution in [0.4, 0.5) is 5.82 Å². The van der Waals surface area contributed by atoms with Gasteiger partial charge < -0.3 is 5.32 Å². The zero-order valence-corrected chi connectivity index (χ0v) is 15.2. The number of benzene rings is 1. The molecule has 0 saturated heterocycles. The minimum absolute atomic E-state index is 0.0132. The first-order valence-corrected chi connectivity index (χ1v) is 9.15. The van der Waals surface area contributed by atoms with Crippen LogP contribution >= 0.6 is 15.9 Å². The largest absolute Gasteiger partial charge is 0.363 e. The predicted molar refractivity (Wildman–Crippen MR) is 99.1 cm³/mol. The third kappa shape index (κ3) is 2.69. The van der Waals surface area contributed by atoms with E-state index in [9.17, 15) is 0 Å². The van der Waals surface area contributed by atoms with Crippen molar-refractivity contribution in [3.63, 3.8) is 0 Å². The summed E-state index contributed by atoms with van der Waals surface area (Å²) in [6, 6.07) is 8.62. The molecule has 6 heteroatoms. The van der Waals surface area contributed by atoms with E-state index in [4.69, 9.17) is 0 Å². The molecule has 2 heterocycles. The molecule has 1 saturated carbocycles. The molecule has 2 N–H and O–H groups in total. The molecule has 1 unspecified atom stereocenters. The number of hydrogen-bond donors (Lipinski definition) is 2. The van der Waals surface area contributed by atoms with Crippen molar-refractivity contribution in [3.05, 3.63) is 46.8 Å². The molecule has 5 nitrogen and oxygen atoms in total. The van der Waals surface area contributed by atoms with Gasteiger partial charge in [0, 0.05) is 15.9 Å². The molecule has 0 bridgehead atoms. The lowest BCUT2D eigenvalue weighted by atomic mass is 9.79. The van der Waals surface area contributed by atoms with Crippen molar-refractivity contribution >= 4 is 32.8 Å². The van der Waals surface area contributed by atoms with Crippen LogP contribution in [0.2, 0.25) is 0 Å². The van der Waals surface area contributed by atoms with Gasteiger partial charge in [0.15, 0.2) is 5.65 Å². The molecule has 124 valence electrons. The SMILES string of the molecule is CC(c1cccc(Br)c1)C1(Nc2ncnc3[nH]ncc23)CCCC1. The van der Waals surface area contributed by atoms with Gasteiger partial charge in [-0.15, -0.1) is 0 Å². The van der Waals surface area contributed by atoms with Crippen LogP contribution in [0.5, 0.6) is 0 Å². The van der Waals surface area contributed by atoms with E-state index in [1.54, 1.807) is 12.5 Å². The van der Waals surface area contributed by atoms with Crippen LogP contribution in [-0.2, 0) is 0 Å². The first kappa shape index (κ1) is 15.6. The van der Waals surface area contributed by atoms with E-state index in [0.29, 0.717) is 5.92 Å². The summed E-state index contributed by atoms with van der Waals surface area (Å²) >= 11 is 3.60. The molecular weight excluding hydrogens is 366 g/mol. The number of aromatic amines is 1. The molecule has 0 spiro atoms. The van der Waals surface area contributed by atoms with Crippen molar-refractivity contribution in [2.75, 3.05) is 5.32 Å². The lowest BCUT2D eigenvalue weighted by Crippen LogP contribution is -2.41. The maximum absolute atomic E-state index is 4.49. The molecular formula is C18H20BrN5. The van der Waals surface area contributed by atoms with E-state index in [0.717, 1.165) is 34.2 Å². The average Bonchev–Trinajstić information content (AvgIpc) is 3.24. The number of nitrogens with zero attached hydrogens (tertiary/aromatic N) is 3. The molecule has 2 aromatic heterocycles. The zero-order chi connectivity index (χ0) is 16.6.